The van der Waals surface area contributed by atoms with Crippen LogP contribution in [-0.2, 0) is 18.3 Å². The van der Waals surface area contributed by atoms with Gasteiger partial charge in [-0.15, -0.1) is 24.0 Å². The van der Waals surface area contributed by atoms with E-state index in [9.17, 15) is 4.79 Å². The number of halogens is 1. The van der Waals surface area contributed by atoms with Crippen LogP contribution in [0.3, 0.4) is 0 Å². The van der Waals surface area contributed by atoms with Crippen molar-refractivity contribution in [2.45, 2.75) is 38.6 Å². The molecule has 1 fully saturated rings. The zero-order chi connectivity index (χ0) is 16.7. The Morgan fingerprint density at radius 1 is 1.50 bits per heavy atom. The van der Waals surface area contributed by atoms with Crippen molar-refractivity contribution in [3.05, 3.63) is 18.0 Å². The number of guanidine groups is 1. The number of aromatic nitrogens is 2. The lowest BCUT2D eigenvalue weighted by molar-refractivity contribution is -0.129. The molecule has 1 aromatic rings. The number of hydrogen-bond acceptors (Lipinski definition) is 3. The minimum Gasteiger partial charge on any atom is -0.356 e. The van der Waals surface area contributed by atoms with Gasteiger partial charge >= 0.3 is 0 Å². The van der Waals surface area contributed by atoms with Gasteiger partial charge in [-0.05, 0) is 24.8 Å². The summed E-state index contributed by atoms with van der Waals surface area (Å²) in [7, 11) is 3.71. The largest absolute Gasteiger partial charge is 0.356 e. The van der Waals surface area contributed by atoms with Crippen molar-refractivity contribution >= 4 is 35.8 Å². The zero-order valence-corrected chi connectivity index (χ0v) is 17.1. The van der Waals surface area contributed by atoms with E-state index in [0.29, 0.717) is 6.42 Å². The maximum atomic E-state index is 11.7. The van der Waals surface area contributed by atoms with Gasteiger partial charge in [-0.3, -0.25) is 14.5 Å². The van der Waals surface area contributed by atoms with Crippen LogP contribution in [-0.4, -0.2) is 59.3 Å². The standard InChI is InChI=1S/C16H28N6O.HI/c1-4-15(23)22-9-7-14(12-22)20-16(17-2)18-8-5-6-13-10-19-21(3)11-13;/h10-11,14H,4-9,12H2,1-3H3,(H2,17,18,20);1H. The molecule has 0 aromatic carbocycles. The summed E-state index contributed by atoms with van der Waals surface area (Å²) < 4.78 is 1.83. The highest BCUT2D eigenvalue weighted by atomic mass is 127. The summed E-state index contributed by atoms with van der Waals surface area (Å²) in [4.78, 5) is 17.9. The van der Waals surface area contributed by atoms with Crippen LogP contribution in [0.25, 0.3) is 0 Å². The lowest BCUT2D eigenvalue weighted by Crippen LogP contribution is -2.45. The Balaban J connectivity index is 0.00000288. The molecule has 1 aromatic heterocycles. The number of nitrogens with zero attached hydrogens (tertiary/aromatic N) is 4. The number of aryl methyl sites for hydroxylation is 2. The number of rotatable bonds is 6. The fourth-order valence-corrected chi connectivity index (χ4v) is 2.82. The van der Waals surface area contributed by atoms with Crippen molar-refractivity contribution in [3.8, 4) is 0 Å². The van der Waals surface area contributed by atoms with Crippen molar-refractivity contribution in [1.82, 2.24) is 25.3 Å². The first-order chi connectivity index (χ1) is 11.1. The Morgan fingerprint density at radius 2 is 2.29 bits per heavy atom. The van der Waals surface area contributed by atoms with E-state index in [2.05, 4.69) is 20.7 Å². The Bertz CT molecular complexity index is 544. The minimum atomic E-state index is 0. The van der Waals surface area contributed by atoms with Gasteiger partial charge < -0.3 is 15.5 Å². The van der Waals surface area contributed by atoms with Gasteiger partial charge in [-0.2, -0.15) is 5.10 Å². The Kier molecular flexibility index (Phi) is 9.09. The van der Waals surface area contributed by atoms with Gasteiger partial charge in [0.1, 0.15) is 0 Å². The molecule has 7 nitrogen and oxygen atoms in total. The lowest BCUT2D eigenvalue weighted by Gasteiger charge is -2.18. The summed E-state index contributed by atoms with van der Waals surface area (Å²) in [6.07, 6.45) is 7.53. The Morgan fingerprint density at radius 3 is 2.92 bits per heavy atom. The number of carbonyl (C=O) groups is 1. The highest BCUT2D eigenvalue weighted by Crippen LogP contribution is 2.10. The molecule has 8 heteroatoms. The van der Waals surface area contributed by atoms with Gasteiger partial charge in [0, 0.05) is 52.4 Å². The molecule has 0 bridgehead atoms. The van der Waals surface area contributed by atoms with Gasteiger partial charge in [0.05, 0.1) is 6.20 Å². The summed E-state index contributed by atoms with van der Waals surface area (Å²) in [5, 5.41) is 10.9. The van der Waals surface area contributed by atoms with E-state index in [1.165, 1.54) is 5.56 Å². The molecule has 2 heterocycles. The van der Waals surface area contributed by atoms with Crippen LogP contribution >= 0.6 is 24.0 Å². The smallest absolute Gasteiger partial charge is 0.222 e. The highest BCUT2D eigenvalue weighted by molar-refractivity contribution is 14.0. The summed E-state index contributed by atoms with van der Waals surface area (Å²) in [6.45, 7) is 4.37. The number of nitrogens with one attached hydrogen (secondary N) is 2. The van der Waals surface area contributed by atoms with Crippen LogP contribution in [0.15, 0.2) is 17.4 Å². The monoisotopic (exact) mass is 448 g/mol. The second-order valence-corrected chi connectivity index (χ2v) is 5.95. The maximum Gasteiger partial charge on any atom is 0.222 e. The van der Waals surface area contributed by atoms with Crippen molar-refractivity contribution < 1.29 is 4.79 Å². The molecule has 24 heavy (non-hydrogen) atoms. The first-order valence-electron chi connectivity index (χ1n) is 8.34. The van der Waals surface area contributed by atoms with Crippen molar-refractivity contribution in [3.63, 3.8) is 0 Å². The molecule has 0 saturated carbocycles. The van der Waals surface area contributed by atoms with Gasteiger partial charge in [0.2, 0.25) is 5.91 Å². The van der Waals surface area contributed by atoms with E-state index < -0.39 is 0 Å². The summed E-state index contributed by atoms with van der Waals surface area (Å²) in [5.74, 6) is 1.04. The first kappa shape index (κ1) is 20.7. The third-order valence-corrected chi connectivity index (χ3v) is 4.10. The van der Waals surface area contributed by atoms with E-state index in [-0.39, 0.29) is 35.9 Å². The summed E-state index contributed by atoms with van der Waals surface area (Å²) in [6, 6.07) is 0.287. The lowest BCUT2D eigenvalue weighted by atomic mass is 10.2. The molecule has 1 aliphatic rings. The molecule has 0 aliphatic carbocycles. The summed E-state index contributed by atoms with van der Waals surface area (Å²) in [5.41, 5.74) is 1.25. The van der Waals surface area contributed by atoms with Gasteiger partial charge in [0.25, 0.3) is 0 Å². The predicted octanol–water partition coefficient (Wildman–Crippen LogP) is 1.15. The second-order valence-electron chi connectivity index (χ2n) is 5.95. The molecule has 0 spiro atoms. The molecule has 1 saturated heterocycles. The quantitative estimate of drug-likeness (QED) is 0.297. The van der Waals surface area contributed by atoms with Gasteiger partial charge in [-0.1, -0.05) is 6.92 Å². The third-order valence-electron chi connectivity index (χ3n) is 4.10. The molecular weight excluding hydrogens is 419 g/mol. The van der Waals surface area contributed by atoms with Crippen LogP contribution < -0.4 is 10.6 Å². The zero-order valence-electron chi connectivity index (χ0n) is 14.8. The second kappa shape index (κ2) is 10.5. The number of carbonyl (C=O) groups excluding carboxylic acids is 1. The maximum absolute atomic E-state index is 11.7. The van der Waals surface area contributed by atoms with Crippen LogP contribution in [0.4, 0.5) is 0 Å². The Hall–Kier alpha value is -1.32. The number of hydrogen-bond donors (Lipinski definition) is 2. The number of aliphatic imine (C=N–C) groups is 1. The van der Waals surface area contributed by atoms with Crippen molar-refractivity contribution in [1.29, 1.82) is 0 Å². The molecule has 2 rings (SSSR count). The van der Waals surface area contributed by atoms with E-state index in [0.717, 1.165) is 44.9 Å². The van der Waals surface area contributed by atoms with Crippen molar-refractivity contribution in [2.75, 3.05) is 26.7 Å². The molecule has 136 valence electrons. The first-order valence-corrected chi connectivity index (χ1v) is 8.34. The topological polar surface area (TPSA) is 74.6 Å². The van der Waals surface area contributed by atoms with E-state index in [4.69, 9.17) is 0 Å². The van der Waals surface area contributed by atoms with E-state index in [1.54, 1.807) is 7.05 Å². The predicted molar refractivity (Wildman–Crippen MR) is 107 cm³/mol. The van der Waals surface area contributed by atoms with Gasteiger partial charge in [-0.25, -0.2) is 0 Å². The normalized spacial score (nSPS) is 17.5. The van der Waals surface area contributed by atoms with E-state index >= 15 is 0 Å². The Labute approximate surface area is 161 Å². The van der Waals surface area contributed by atoms with Crippen LogP contribution in [0.5, 0.6) is 0 Å². The fraction of sp³-hybridized carbons (Fsp3) is 0.688. The average Bonchev–Trinajstić information content (AvgIpc) is 3.18. The molecule has 1 aliphatic heterocycles. The SMILES string of the molecule is CCC(=O)N1CCC(NC(=NC)NCCCc2cnn(C)c2)C1.I. The summed E-state index contributed by atoms with van der Waals surface area (Å²) >= 11 is 0. The fourth-order valence-electron chi connectivity index (χ4n) is 2.82. The molecule has 2 N–H and O–H groups in total. The average molecular weight is 448 g/mol. The van der Waals surface area contributed by atoms with Crippen LogP contribution in [0.2, 0.25) is 0 Å². The molecule has 1 unspecified atom stereocenters. The van der Waals surface area contributed by atoms with Crippen LogP contribution in [0, 0.1) is 0 Å². The van der Waals surface area contributed by atoms with Crippen molar-refractivity contribution in [2.24, 2.45) is 12.0 Å². The van der Waals surface area contributed by atoms with Gasteiger partial charge in [0.15, 0.2) is 5.96 Å². The highest BCUT2D eigenvalue weighted by Gasteiger charge is 2.25. The molecule has 1 amide bonds. The number of amides is 1. The molecular formula is C16H29IN6O. The minimum absolute atomic E-state index is 0. The van der Waals surface area contributed by atoms with E-state index in [1.807, 2.05) is 35.9 Å². The molecule has 1 atom stereocenters. The third kappa shape index (κ3) is 6.29. The number of likely N-dealkylation sites (tertiary alicyclic amines) is 1. The van der Waals surface area contributed by atoms with Crippen LogP contribution in [0.1, 0.15) is 31.7 Å². The molecule has 0 radical (unpaired) electrons.